The second-order valence-electron chi connectivity index (χ2n) is 7.23. The number of amides is 1. The number of nitrogens with one attached hydrogen (secondary N) is 1. The molecule has 0 aliphatic heterocycles. The van der Waals surface area contributed by atoms with Gasteiger partial charge in [0.05, 0.1) is 16.0 Å². The molecule has 4 aromatic rings. The van der Waals surface area contributed by atoms with Gasteiger partial charge in [0.25, 0.3) is 0 Å². The fourth-order valence-corrected chi connectivity index (χ4v) is 4.87. The number of carbonyl (C=O) groups excluding carboxylic acids is 1. The molecule has 0 saturated carbocycles. The van der Waals surface area contributed by atoms with Crippen molar-refractivity contribution in [3.05, 3.63) is 72.1 Å². The van der Waals surface area contributed by atoms with E-state index < -0.39 is 0 Å². The fraction of sp³-hybridized carbons (Fsp3) is 0.217. The Labute approximate surface area is 194 Å². The smallest absolute Gasteiger partial charge is 0.236 e. The summed E-state index contributed by atoms with van der Waals surface area (Å²) in [5, 5.41) is 12.6. The quantitative estimate of drug-likeness (QED) is 0.277. The molecule has 9 heteroatoms. The molecule has 164 valence electrons. The monoisotopic (exact) mass is 465 g/mol. The molecule has 0 saturated heterocycles. The third-order valence-corrected chi connectivity index (χ3v) is 6.46. The third-order valence-electron chi connectivity index (χ3n) is 4.54. The molecule has 0 fully saturated rings. The summed E-state index contributed by atoms with van der Waals surface area (Å²) in [5.74, 6) is 1.52. The van der Waals surface area contributed by atoms with Crippen molar-refractivity contribution in [1.82, 2.24) is 19.7 Å². The Morgan fingerprint density at radius 2 is 2.00 bits per heavy atom. The Bertz CT molecular complexity index is 1210. The van der Waals surface area contributed by atoms with Crippen LogP contribution >= 0.6 is 23.1 Å². The average molecular weight is 466 g/mol. The van der Waals surface area contributed by atoms with E-state index in [9.17, 15) is 4.79 Å². The standard InChI is InChI=1S/C23H23N5O2S2/c1-4-9-28-20(13-30-17-11-15(2)10-16(3)12-17)26-27-23(28)31-14-21(29)25-22-24-18-7-5-6-8-19(18)32-22/h4-8,10-12H,1,9,13-14H2,2-3H3,(H,24,25,29). The van der Waals surface area contributed by atoms with Crippen LogP contribution in [-0.2, 0) is 17.9 Å². The third kappa shape index (κ3) is 5.35. The summed E-state index contributed by atoms with van der Waals surface area (Å²) >= 11 is 2.77. The Morgan fingerprint density at radius 3 is 2.75 bits per heavy atom. The molecule has 0 aliphatic rings. The number of rotatable bonds is 9. The normalized spacial score (nSPS) is 10.9. The number of carbonyl (C=O) groups is 1. The number of fused-ring (bicyclic) bond motifs is 1. The van der Waals surface area contributed by atoms with Gasteiger partial charge in [0.15, 0.2) is 16.1 Å². The van der Waals surface area contributed by atoms with Crippen LogP contribution in [-0.4, -0.2) is 31.4 Å². The fourth-order valence-electron chi connectivity index (χ4n) is 3.22. The lowest BCUT2D eigenvalue weighted by Gasteiger charge is -2.10. The molecule has 0 atom stereocenters. The summed E-state index contributed by atoms with van der Waals surface area (Å²) < 4.78 is 8.88. The first-order valence-corrected chi connectivity index (χ1v) is 11.8. The van der Waals surface area contributed by atoms with E-state index in [0.29, 0.717) is 22.7 Å². The largest absolute Gasteiger partial charge is 0.486 e. The van der Waals surface area contributed by atoms with Gasteiger partial charge in [-0.15, -0.1) is 16.8 Å². The van der Waals surface area contributed by atoms with Gasteiger partial charge in [0.2, 0.25) is 5.91 Å². The topological polar surface area (TPSA) is 81.9 Å². The van der Waals surface area contributed by atoms with E-state index in [1.54, 1.807) is 6.08 Å². The number of ether oxygens (including phenoxy) is 1. The minimum Gasteiger partial charge on any atom is -0.486 e. The minimum absolute atomic E-state index is 0.143. The lowest BCUT2D eigenvalue weighted by Crippen LogP contribution is -2.14. The zero-order valence-electron chi connectivity index (χ0n) is 17.9. The molecule has 2 heterocycles. The number of hydrogen-bond acceptors (Lipinski definition) is 7. The molecule has 0 bridgehead atoms. The zero-order chi connectivity index (χ0) is 22.5. The van der Waals surface area contributed by atoms with Gasteiger partial charge in [-0.25, -0.2) is 4.98 Å². The molecule has 0 aliphatic carbocycles. The highest BCUT2D eigenvalue weighted by molar-refractivity contribution is 7.99. The van der Waals surface area contributed by atoms with Crippen LogP contribution in [0.3, 0.4) is 0 Å². The molecule has 32 heavy (non-hydrogen) atoms. The SMILES string of the molecule is C=CCn1c(COc2cc(C)cc(C)c2)nnc1SCC(=O)Nc1nc2ccccc2s1. The molecule has 1 N–H and O–H groups in total. The van der Waals surface area contributed by atoms with E-state index in [-0.39, 0.29) is 18.3 Å². The average Bonchev–Trinajstić information content (AvgIpc) is 3.33. The summed E-state index contributed by atoms with van der Waals surface area (Å²) in [5.41, 5.74) is 3.16. The van der Waals surface area contributed by atoms with Crippen molar-refractivity contribution in [3.63, 3.8) is 0 Å². The van der Waals surface area contributed by atoms with Gasteiger partial charge in [0.1, 0.15) is 12.4 Å². The summed E-state index contributed by atoms with van der Waals surface area (Å²) in [6.07, 6.45) is 1.77. The second-order valence-corrected chi connectivity index (χ2v) is 9.21. The molecule has 7 nitrogen and oxygen atoms in total. The van der Waals surface area contributed by atoms with Gasteiger partial charge in [-0.05, 0) is 49.2 Å². The maximum atomic E-state index is 12.4. The number of allylic oxidation sites excluding steroid dienone is 1. The van der Waals surface area contributed by atoms with E-state index in [4.69, 9.17) is 4.74 Å². The van der Waals surface area contributed by atoms with Gasteiger partial charge < -0.3 is 10.1 Å². The predicted molar refractivity (Wildman–Crippen MR) is 129 cm³/mol. The Hall–Kier alpha value is -3.17. The van der Waals surface area contributed by atoms with Crippen molar-refractivity contribution in [3.8, 4) is 5.75 Å². The van der Waals surface area contributed by atoms with Gasteiger partial charge in [-0.2, -0.15) is 0 Å². The number of benzene rings is 2. The molecule has 0 unspecified atom stereocenters. The van der Waals surface area contributed by atoms with Gasteiger partial charge in [-0.3, -0.25) is 9.36 Å². The van der Waals surface area contributed by atoms with E-state index in [2.05, 4.69) is 33.1 Å². The predicted octanol–water partition coefficient (Wildman–Crippen LogP) is 5.00. The van der Waals surface area contributed by atoms with Crippen LogP contribution in [0.4, 0.5) is 5.13 Å². The van der Waals surface area contributed by atoms with Crippen LogP contribution in [0.15, 0.2) is 60.3 Å². The van der Waals surface area contributed by atoms with Crippen molar-refractivity contribution < 1.29 is 9.53 Å². The van der Waals surface area contributed by atoms with Crippen LogP contribution in [0, 0.1) is 13.8 Å². The number of aryl methyl sites for hydroxylation is 2. The van der Waals surface area contributed by atoms with Crippen LogP contribution < -0.4 is 10.1 Å². The Kier molecular flexibility index (Phi) is 6.87. The molecule has 4 rings (SSSR count). The highest BCUT2D eigenvalue weighted by Gasteiger charge is 2.15. The number of hydrogen-bond donors (Lipinski definition) is 1. The van der Waals surface area contributed by atoms with E-state index >= 15 is 0 Å². The summed E-state index contributed by atoms with van der Waals surface area (Å²) in [6.45, 7) is 8.70. The van der Waals surface area contributed by atoms with Gasteiger partial charge in [-0.1, -0.05) is 47.4 Å². The number of thiazole rings is 1. The molecular weight excluding hydrogens is 442 g/mol. The number of aromatic nitrogens is 4. The lowest BCUT2D eigenvalue weighted by molar-refractivity contribution is -0.113. The van der Waals surface area contributed by atoms with Crippen molar-refractivity contribution in [1.29, 1.82) is 0 Å². The zero-order valence-corrected chi connectivity index (χ0v) is 19.5. The van der Waals surface area contributed by atoms with Crippen LogP contribution in [0.5, 0.6) is 5.75 Å². The van der Waals surface area contributed by atoms with E-state index in [0.717, 1.165) is 27.1 Å². The van der Waals surface area contributed by atoms with Crippen molar-refractivity contribution >= 4 is 44.4 Å². The van der Waals surface area contributed by atoms with Gasteiger partial charge >= 0.3 is 0 Å². The molecule has 1 amide bonds. The Morgan fingerprint density at radius 1 is 1.22 bits per heavy atom. The lowest BCUT2D eigenvalue weighted by atomic mass is 10.1. The highest BCUT2D eigenvalue weighted by Crippen LogP contribution is 2.26. The van der Waals surface area contributed by atoms with Crippen LogP contribution in [0.2, 0.25) is 0 Å². The first-order chi connectivity index (χ1) is 15.5. The summed E-state index contributed by atoms with van der Waals surface area (Å²) in [7, 11) is 0. The highest BCUT2D eigenvalue weighted by atomic mass is 32.2. The Balaban J connectivity index is 1.39. The molecule has 0 radical (unpaired) electrons. The number of thioether (sulfide) groups is 1. The van der Waals surface area contributed by atoms with Crippen molar-refractivity contribution in [2.75, 3.05) is 11.1 Å². The van der Waals surface area contributed by atoms with Crippen LogP contribution in [0.25, 0.3) is 10.2 Å². The number of anilines is 1. The van der Waals surface area contributed by atoms with Gasteiger partial charge in [0, 0.05) is 6.54 Å². The first-order valence-electron chi connectivity index (χ1n) is 10.0. The van der Waals surface area contributed by atoms with Crippen molar-refractivity contribution in [2.45, 2.75) is 32.2 Å². The van der Waals surface area contributed by atoms with Crippen molar-refractivity contribution in [2.24, 2.45) is 0 Å². The van der Waals surface area contributed by atoms with E-state index in [1.807, 2.05) is 54.8 Å². The summed E-state index contributed by atoms with van der Waals surface area (Å²) in [4.78, 5) is 16.9. The van der Waals surface area contributed by atoms with Crippen LogP contribution in [0.1, 0.15) is 17.0 Å². The maximum absolute atomic E-state index is 12.4. The molecule has 0 spiro atoms. The first kappa shape index (κ1) is 22.0. The molecule has 2 aromatic heterocycles. The molecule has 2 aromatic carbocycles. The second kappa shape index (κ2) is 9.97. The minimum atomic E-state index is -0.143. The summed E-state index contributed by atoms with van der Waals surface area (Å²) in [6, 6.07) is 13.9. The number of para-hydroxylation sites is 1. The maximum Gasteiger partial charge on any atom is 0.236 e. The molecular formula is C23H23N5O2S2. The number of nitrogens with zero attached hydrogens (tertiary/aromatic N) is 4. The van der Waals surface area contributed by atoms with E-state index in [1.165, 1.54) is 23.1 Å².